The van der Waals surface area contributed by atoms with Gasteiger partial charge in [-0.15, -0.1) is 0 Å². The minimum atomic E-state index is -0.291. The van der Waals surface area contributed by atoms with E-state index in [4.69, 9.17) is 11.6 Å². The molecule has 1 aromatic rings. The number of hydrogen-bond donors (Lipinski definition) is 1. The first-order valence-electron chi connectivity index (χ1n) is 7.61. The Labute approximate surface area is 134 Å². The lowest BCUT2D eigenvalue weighted by Gasteiger charge is -2.39. The Bertz CT molecular complexity index is 651. The molecule has 1 unspecified atom stereocenters. The molecule has 22 heavy (non-hydrogen) atoms. The standard InChI is InChI=1S/C17H18ClNO3/c18-14-15(19-9-4-3-5-11(19)8-10-20)17(22)13-7-2-1-6-12(13)16(14)21/h1-2,6-7,11,20H,3-5,8-10H2. The number of benzene rings is 1. The number of hydrogen-bond acceptors (Lipinski definition) is 4. The third-order valence-corrected chi connectivity index (χ3v) is 4.77. The SMILES string of the molecule is O=C1C(Cl)=C(N2CCCCC2CCO)C(=O)c2ccccc21. The van der Waals surface area contributed by atoms with Crippen LogP contribution in [-0.2, 0) is 0 Å². The summed E-state index contributed by atoms with van der Waals surface area (Å²) in [4.78, 5) is 27.2. The van der Waals surface area contributed by atoms with Gasteiger partial charge in [0.2, 0.25) is 11.6 Å². The summed E-state index contributed by atoms with van der Waals surface area (Å²) in [5.41, 5.74) is 1.10. The van der Waals surface area contributed by atoms with Crippen LogP contribution in [0.2, 0.25) is 0 Å². The van der Waals surface area contributed by atoms with Crippen molar-refractivity contribution in [2.75, 3.05) is 13.2 Å². The molecule has 1 heterocycles. The van der Waals surface area contributed by atoms with Crippen molar-refractivity contribution in [3.8, 4) is 0 Å². The van der Waals surface area contributed by atoms with E-state index in [0.717, 1.165) is 19.3 Å². The van der Waals surface area contributed by atoms with Crippen LogP contribution in [0.15, 0.2) is 35.0 Å². The fourth-order valence-electron chi connectivity index (χ4n) is 3.33. The number of likely N-dealkylation sites (tertiary alicyclic amines) is 1. The average molecular weight is 320 g/mol. The largest absolute Gasteiger partial charge is 0.396 e. The van der Waals surface area contributed by atoms with Gasteiger partial charge >= 0.3 is 0 Å². The van der Waals surface area contributed by atoms with Crippen LogP contribution in [-0.4, -0.2) is 40.8 Å². The van der Waals surface area contributed by atoms with Crippen molar-refractivity contribution in [2.24, 2.45) is 0 Å². The zero-order valence-corrected chi connectivity index (χ0v) is 13.0. The number of ketones is 2. The van der Waals surface area contributed by atoms with Crippen LogP contribution in [0.3, 0.4) is 0 Å². The number of halogens is 1. The average Bonchev–Trinajstić information content (AvgIpc) is 2.55. The minimum Gasteiger partial charge on any atom is -0.396 e. The van der Waals surface area contributed by atoms with E-state index in [1.54, 1.807) is 24.3 Å². The molecule has 1 aliphatic heterocycles. The number of aliphatic hydroxyl groups is 1. The lowest BCUT2D eigenvalue weighted by atomic mass is 9.89. The quantitative estimate of drug-likeness (QED) is 0.930. The van der Waals surface area contributed by atoms with Gasteiger partial charge in [-0.05, 0) is 25.7 Å². The molecule has 3 rings (SSSR count). The first-order valence-corrected chi connectivity index (χ1v) is 7.98. The number of nitrogens with zero attached hydrogens (tertiary/aromatic N) is 1. The van der Waals surface area contributed by atoms with E-state index < -0.39 is 0 Å². The molecule has 0 bridgehead atoms. The highest BCUT2D eigenvalue weighted by molar-refractivity contribution is 6.49. The number of fused-ring (bicyclic) bond motifs is 1. The lowest BCUT2D eigenvalue weighted by Crippen LogP contribution is -2.43. The second-order valence-corrected chi connectivity index (χ2v) is 6.10. The molecule has 0 saturated carbocycles. The molecule has 5 heteroatoms. The molecule has 2 aliphatic rings. The summed E-state index contributed by atoms with van der Waals surface area (Å²) in [5.74, 6) is -0.481. The Morgan fingerprint density at radius 1 is 1.14 bits per heavy atom. The second kappa shape index (κ2) is 6.23. The second-order valence-electron chi connectivity index (χ2n) is 5.72. The number of Topliss-reactive ketones (excluding diaryl/α,β-unsaturated/α-hetero) is 2. The van der Waals surface area contributed by atoms with E-state index in [2.05, 4.69) is 0 Å². The van der Waals surface area contributed by atoms with Crippen LogP contribution < -0.4 is 0 Å². The van der Waals surface area contributed by atoms with Crippen molar-refractivity contribution in [3.05, 3.63) is 46.1 Å². The zero-order valence-electron chi connectivity index (χ0n) is 12.2. The van der Waals surface area contributed by atoms with Gasteiger partial charge in [-0.1, -0.05) is 35.9 Å². The van der Waals surface area contributed by atoms with Crippen LogP contribution in [0, 0.1) is 0 Å². The van der Waals surface area contributed by atoms with Crippen LogP contribution >= 0.6 is 11.6 Å². The van der Waals surface area contributed by atoms with E-state index in [0.29, 0.717) is 29.8 Å². The van der Waals surface area contributed by atoms with Gasteiger partial charge in [-0.3, -0.25) is 9.59 Å². The van der Waals surface area contributed by atoms with Crippen molar-refractivity contribution < 1.29 is 14.7 Å². The number of rotatable bonds is 3. The predicted octanol–water partition coefficient (Wildman–Crippen LogP) is 2.75. The molecule has 1 N–H and O–H groups in total. The van der Waals surface area contributed by atoms with Gasteiger partial charge in [-0.25, -0.2) is 0 Å². The van der Waals surface area contributed by atoms with Gasteiger partial charge in [0.05, 0.1) is 0 Å². The van der Waals surface area contributed by atoms with Gasteiger partial charge < -0.3 is 10.0 Å². The summed E-state index contributed by atoms with van der Waals surface area (Å²) in [6, 6.07) is 6.85. The molecular weight excluding hydrogens is 302 g/mol. The van der Waals surface area contributed by atoms with Crippen molar-refractivity contribution in [2.45, 2.75) is 31.7 Å². The van der Waals surface area contributed by atoms with E-state index in [1.807, 2.05) is 4.90 Å². The van der Waals surface area contributed by atoms with Gasteiger partial charge in [0.15, 0.2) is 0 Å². The Morgan fingerprint density at radius 3 is 2.50 bits per heavy atom. The lowest BCUT2D eigenvalue weighted by molar-refractivity contribution is 0.0888. The number of aliphatic hydroxyl groups excluding tert-OH is 1. The van der Waals surface area contributed by atoms with E-state index >= 15 is 0 Å². The third kappa shape index (κ3) is 2.46. The van der Waals surface area contributed by atoms with E-state index in [1.165, 1.54) is 0 Å². The van der Waals surface area contributed by atoms with Crippen LogP contribution in [0.4, 0.5) is 0 Å². The van der Waals surface area contributed by atoms with Crippen LogP contribution in [0.25, 0.3) is 0 Å². The summed E-state index contributed by atoms with van der Waals surface area (Å²) < 4.78 is 0. The predicted molar refractivity (Wildman–Crippen MR) is 84.0 cm³/mol. The maximum atomic E-state index is 12.8. The maximum Gasteiger partial charge on any atom is 0.211 e. The first-order chi connectivity index (χ1) is 10.6. The summed E-state index contributed by atoms with van der Waals surface area (Å²) in [5, 5.41) is 9.26. The number of allylic oxidation sites excluding steroid dienone is 2. The first kappa shape index (κ1) is 15.3. The Hall–Kier alpha value is -1.65. The molecule has 0 aromatic heterocycles. The van der Waals surface area contributed by atoms with Crippen molar-refractivity contribution in [3.63, 3.8) is 0 Å². The van der Waals surface area contributed by atoms with Gasteiger partial charge in [0, 0.05) is 30.3 Å². The molecule has 1 saturated heterocycles. The van der Waals surface area contributed by atoms with Crippen LogP contribution in [0.1, 0.15) is 46.4 Å². The number of carbonyl (C=O) groups is 2. The minimum absolute atomic E-state index is 0.00791. The topological polar surface area (TPSA) is 57.6 Å². The smallest absolute Gasteiger partial charge is 0.211 e. The number of carbonyl (C=O) groups excluding carboxylic acids is 2. The molecule has 0 amide bonds. The van der Waals surface area contributed by atoms with E-state index in [-0.39, 0.29) is 29.2 Å². The summed E-state index contributed by atoms with van der Waals surface area (Å²) in [6.45, 7) is 0.752. The van der Waals surface area contributed by atoms with Crippen molar-refractivity contribution >= 4 is 23.2 Å². The summed E-state index contributed by atoms with van der Waals surface area (Å²) >= 11 is 6.26. The molecule has 1 aromatic carbocycles. The van der Waals surface area contributed by atoms with Gasteiger partial charge in [-0.2, -0.15) is 0 Å². The molecular formula is C17H18ClNO3. The van der Waals surface area contributed by atoms with Crippen LogP contribution in [0.5, 0.6) is 0 Å². The fraction of sp³-hybridized carbons (Fsp3) is 0.412. The fourth-order valence-corrected chi connectivity index (χ4v) is 3.63. The normalized spacial score (nSPS) is 22.1. The highest BCUT2D eigenvalue weighted by Crippen LogP contribution is 2.34. The summed E-state index contributed by atoms with van der Waals surface area (Å²) in [7, 11) is 0. The van der Waals surface area contributed by atoms with Gasteiger partial charge in [0.25, 0.3) is 0 Å². The van der Waals surface area contributed by atoms with Crippen molar-refractivity contribution in [1.29, 1.82) is 0 Å². The highest BCUT2D eigenvalue weighted by Gasteiger charge is 2.37. The monoisotopic (exact) mass is 319 g/mol. The summed E-state index contributed by atoms with van der Waals surface area (Å²) in [6.07, 6.45) is 3.50. The highest BCUT2D eigenvalue weighted by atomic mass is 35.5. The molecule has 4 nitrogen and oxygen atoms in total. The van der Waals surface area contributed by atoms with Gasteiger partial charge in [0.1, 0.15) is 10.7 Å². The molecule has 116 valence electrons. The molecule has 1 atom stereocenters. The Morgan fingerprint density at radius 2 is 1.82 bits per heavy atom. The Balaban J connectivity index is 2.04. The molecule has 1 fully saturated rings. The molecule has 0 spiro atoms. The Kier molecular flexibility index (Phi) is 4.32. The van der Waals surface area contributed by atoms with E-state index in [9.17, 15) is 14.7 Å². The molecule has 0 radical (unpaired) electrons. The maximum absolute atomic E-state index is 12.8. The zero-order chi connectivity index (χ0) is 15.7. The molecule has 1 aliphatic carbocycles. The van der Waals surface area contributed by atoms with Crippen molar-refractivity contribution in [1.82, 2.24) is 4.90 Å². The third-order valence-electron chi connectivity index (χ3n) is 4.42. The number of piperidine rings is 1.